The summed E-state index contributed by atoms with van der Waals surface area (Å²) in [5.74, 6) is 0. The fraction of sp³-hybridized carbons (Fsp3) is 1.00. The molecule has 0 spiro atoms. The van der Waals surface area contributed by atoms with Crippen LogP contribution in [0.1, 0.15) is 6.92 Å². The van der Waals surface area contributed by atoms with Crippen molar-refractivity contribution in [2.45, 2.75) is 18.6 Å². The molecule has 1 saturated heterocycles. The fourth-order valence-corrected chi connectivity index (χ4v) is 0.574. The number of nitrogens with two attached hydrogens (primary N) is 1. The predicted molar refractivity (Wildman–Crippen MR) is 29.4 cm³/mol. The number of ether oxygens (including phenoxy) is 1. The van der Waals surface area contributed by atoms with E-state index in [0.717, 1.165) is 0 Å². The summed E-state index contributed by atoms with van der Waals surface area (Å²) >= 11 is 0. The maximum absolute atomic E-state index is 9.24. The summed E-state index contributed by atoms with van der Waals surface area (Å²) in [6.45, 7) is 2.57. The third-order valence-electron chi connectivity index (χ3n) is 1.55. The Morgan fingerprint density at radius 2 is 2.25 bits per heavy atom. The van der Waals surface area contributed by atoms with Crippen LogP contribution in [0, 0.1) is 0 Å². The minimum Gasteiger partial charge on any atom is -0.383 e. The van der Waals surface area contributed by atoms with Gasteiger partial charge in [0.2, 0.25) is 0 Å². The van der Waals surface area contributed by atoms with Gasteiger partial charge in [0.05, 0.1) is 13.2 Å². The normalized spacial score (nSPS) is 28.9. The Hall–Kier alpha value is -0.120. The third-order valence-corrected chi connectivity index (χ3v) is 1.55. The zero-order valence-corrected chi connectivity index (χ0v) is 4.92. The molecule has 0 saturated carbocycles. The molecule has 1 heterocycles. The van der Waals surface area contributed by atoms with Gasteiger partial charge in [-0.3, -0.25) is 0 Å². The van der Waals surface area contributed by atoms with E-state index in [1.807, 2.05) is 0 Å². The minimum atomic E-state index is -0.722. The number of hydrogen-bond donors (Lipinski definition) is 2. The standard InChI is InChI=1S/C5H11NO2/c1-4(6)5(7)2-8-3-5/h4,7H,2-3,6H2,1H3/t4-/m1/s1. The van der Waals surface area contributed by atoms with Crippen LogP contribution in [-0.4, -0.2) is 30.0 Å². The number of hydrogen-bond acceptors (Lipinski definition) is 3. The minimum absolute atomic E-state index is 0.170. The maximum Gasteiger partial charge on any atom is 0.126 e. The Labute approximate surface area is 48.4 Å². The highest BCUT2D eigenvalue weighted by Gasteiger charge is 2.39. The van der Waals surface area contributed by atoms with Crippen molar-refractivity contribution in [3.8, 4) is 0 Å². The van der Waals surface area contributed by atoms with Crippen molar-refractivity contribution >= 4 is 0 Å². The number of aliphatic hydroxyl groups is 1. The van der Waals surface area contributed by atoms with Gasteiger partial charge >= 0.3 is 0 Å². The van der Waals surface area contributed by atoms with E-state index in [-0.39, 0.29) is 6.04 Å². The van der Waals surface area contributed by atoms with Gasteiger partial charge in [-0.25, -0.2) is 0 Å². The molecule has 0 amide bonds. The Balaban J connectivity index is 2.41. The molecule has 0 aromatic heterocycles. The highest BCUT2D eigenvalue weighted by atomic mass is 16.5. The Morgan fingerprint density at radius 1 is 1.75 bits per heavy atom. The average Bonchev–Trinajstić information content (AvgIpc) is 1.60. The van der Waals surface area contributed by atoms with Gasteiger partial charge in [0.25, 0.3) is 0 Å². The van der Waals surface area contributed by atoms with Crippen LogP contribution in [0.2, 0.25) is 0 Å². The zero-order chi connectivity index (χ0) is 6.20. The highest BCUT2D eigenvalue weighted by molar-refractivity contribution is 4.92. The van der Waals surface area contributed by atoms with Gasteiger partial charge < -0.3 is 15.6 Å². The van der Waals surface area contributed by atoms with Gasteiger partial charge in [0, 0.05) is 6.04 Å². The van der Waals surface area contributed by atoms with Crippen LogP contribution in [0.4, 0.5) is 0 Å². The first kappa shape index (κ1) is 6.01. The van der Waals surface area contributed by atoms with E-state index < -0.39 is 5.60 Å². The molecule has 0 aromatic carbocycles. The first-order valence-electron chi connectivity index (χ1n) is 2.71. The molecule has 3 heteroatoms. The maximum atomic E-state index is 9.24. The van der Waals surface area contributed by atoms with E-state index in [9.17, 15) is 5.11 Å². The summed E-state index contributed by atoms with van der Waals surface area (Å²) in [4.78, 5) is 0. The Morgan fingerprint density at radius 3 is 2.25 bits per heavy atom. The van der Waals surface area contributed by atoms with Crippen LogP contribution >= 0.6 is 0 Å². The van der Waals surface area contributed by atoms with Crippen molar-refractivity contribution in [1.29, 1.82) is 0 Å². The third kappa shape index (κ3) is 0.727. The lowest BCUT2D eigenvalue weighted by Gasteiger charge is -2.39. The quantitative estimate of drug-likeness (QED) is 0.467. The molecule has 0 aromatic rings. The molecule has 3 nitrogen and oxygen atoms in total. The summed E-state index contributed by atoms with van der Waals surface area (Å²) in [6.07, 6.45) is 0. The summed E-state index contributed by atoms with van der Waals surface area (Å²) < 4.78 is 4.77. The smallest absolute Gasteiger partial charge is 0.126 e. The van der Waals surface area contributed by atoms with Crippen LogP contribution in [-0.2, 0) is 4.74 Å². The largest absolute Gasteiger partial charge is 0.383 e. The van der Waals surface area contributed by atoms with Crippen LogP contribution in [0.5, 0.6) is 0 Å². The van der Waals surface area contributed by atoms with Crippen molar-refractivity contribution in [2.75, 3.05) is 13.2 Å². The first-order valence-corrected chi connectivity index (χ1v) is 2.71. The van der Waals surface area contributed by atoms with Crippen LogP contribution in [0.25, 0.3) is 0 Å². The molecule has 1 atom stereocenters. The van der Waals surface area contributed by atoms with E-state index in [4.69, 9.17) is 10.5 Å². The van der Waals surface area contributed by atoms with Crippen LogP contribution in [0.3, 0.4) is 0 Å². The van der Waals surface area contributed by atoms with Crippen molar-refractivity contribution in [1.82, 2.24) is 0 Å². The summed E-state index contributed by atoms with van der Waals surface area (Å²) in [7, 11) is 0. The molecule has 0 unspecified atom stereocenters. The van der Waals surface area contributed by atoms with Crippen molar-refractivity contribution in [3.63, 3.8) is 0 Å². The molecule has 1 fully saturated rings. The van der Waals surface area contributed by atoms with E-state index in [1.54, 1.807) is 6.92 Å². The average molecular weight is 117 g/mol. The molecule has 1 rings (SSSR count). The molecule has 3 N–H and O–H groups in total. The molecule has 0 radical (unpaired) electrons. The molecular formula is C5H11NO2. The molecular weight excluding hydrogens is 106 g/mol. The molecule has 1 aliphatic rings. The summed E-state index contributed by atoms with van der Waals surface area (Å²) in [5, 5.41) is 9.24. The summed E-state index contributed by atoms with van der Waals surface area (Å²) in [5.41, 5.74) is 4.68. The Kier molecular flexibility index (Phi) is 1.27. The monoisotopic (exact) mass is 117 g/mol. The highest BCUT2D eigenvalue weighted by Crippen LogP contribution is 2.18. The van der Waals surface area contributed by atoms with E-state index in [1.165, 1.54) is 0 Å². The van der Waals surface area contributed by atoms with Gasteiger partial charge in [-0.1, -0.05) is 0 Å². The molecule has 48 valence electrons. The molecule has 0 aliphatic carbocycles. The van der Waals surface area contributed by atoms with Gasteiger partial charge in [0.15, 0.2) is 0 Å². The van der Waals surface area contributed by atoms with E-state index in [0.29, 0.717) is 13.2 Å². The lowest BCUT2D eigenvalue weighted by atomic mass is 9.95. The fourth-order valence-electron chi connectivity index (χ4n) is 0.574. The first-order chi connectivity index (χ1) is 3.65. The van der Waals surface area contributed by atoms with E-state index >= 15 is 0 Å². The van der Waals surface area contributed by atoms with Crippen molar-refractivity contribution < 1.29 is 9.84 Å². The second kappa shape index (κ2) is 1.69. The van der Waals surface area contributed by atoms with Gasteiger partial charge in [-0.2, -0.15) is 0 Å². The van der Waals surface area contributed by atoms with Crippen molar-refractivity contribution in [2.24, 2.45) is 5.73 Å². The Bertz CT molecular complexity index is 88.4. The lowest BCUT2D eigenvalue weighted by molar-refractivity contribution is -0.186. The second-order valence-electron chi connectivity index (χ2n) is 2.39. The van der Waals surface area contributed by atoms with Crippen LogP contribution < -0.4 is 5.73 Å². The van der Waals surface area contributed by atoms with E-state index in [2.05, 4.69) is 0 Å². The van der Waals surface area contributed by atoms with Crippen molar-refractivity contribution in [3.05, 3.63) is 0 Å². The van der Waals surface area contributed by atoms with Gasteiger partial charge in [-0.15, -0.1) is 0 Å². The second-order valence-corrected chi connectivity index (χ2v) is 2.39. The topological polar surface area (TPSA) is 55.5 Å². The summed E-state index contributed by atoms with van der Waals surface area (Å²) in [6, 6.07) is -0.170. The predicted octanol–water partition coefficient (Wildman–Crippen LogP) is -0.905. The SMILES string of the molecule is C[C@@H](N)C1(O)COC1. The van der Waals surface area contributed by atoms with Gasteiger partial charge in [-0.05, 0) is 6.92 Å². The molecule has 1 aliphatic heterocycles. The molecule has 0 bridgehead atoms. The van der Waals surface area contributed by atoms with Gasteiger partial charge in [0.1, 0.15) is 5.60 Å². The number of rotatable bonds is 1. The lowest BCUT2D eigenvalue weighted by Crippen LogP contribution is -2.60. The molecule has 8 heavy (non-hydrogen) atoms. The van der Waals surface area contributed by atoms with Crippen LogP contribution in [0.15, 0.2) is 0 Å². The zero-order valence-electron chi connectivity index (χ0n) is 4.92.